The number of carbonyl (C=O) groups excluding carboxylic acids is 1. The van der Waals surface area contributed by atoms with E-state index in [0.29, 0.717) is 11.6 Å². The van der Waals surface area contributed by atoms with Crippen molar-refractivity contribution in [2.24, 2.45) is 0 Å². The largest absolute Gasteiger partial charge is 0.497 e. The molecule has 1 N–H and O–H groups in total. The van der Waals surface area contributed by atoms with Gasteiger partial charge in [0.1, 0.15) is 5.75 Å². The third-order valence-electron chi connectivity index (χ3n) is 4.58. The minimum Gasteiger partial charge on any atom is -0.497 e. The van der Waals surface area contributed by atoms with Crippen molar-refractivity contribution in [2.75, 3.05) is 12.4 Å². The highest BCUT2D eigenvalue weighted by atomic mass is 32.1. The lowest BCUT2D eigenvalue weighted by atomic mass is 10.1. The molecule has 0 saturated carbocycles. The number of nitrogens with one attached hydrogen (secondary N) is 1. The summed E-state index contributed by atoms with van der Waals surface area (Å²) >= 11 is 1.49. The molecule has 0 saturated heterocycles. The summed E-state index contributed by atoms with van der Waals surface area (Å²) in [5, 5.41) is 5.87. The number of thiazole rings is 1. The van der Waals surface area contributed by atoms with E-state index in [-0.39, 0.29) is 5.91 Å². The average Bonchev–Trinajstić information content (AvgIpc) is 3.07. The van der Waals surface area contributed by atoms with Crippen LogP contribution in [0.15, 0.2) is 66.7 Å². The molecule has 0 atom stereocenters. The van der Waals surface area contributed by atoms with Gasteiger partial charge in [-0.1, -0.05) is 42.5 Å². The van der Waals surface area contributed by atoms with Gasteiger partial charge in [0.2, 0.25) is 5.91 Å². The Hall–Kier alpha value is -3.18. The standard InChI is InChI=1S/C23H20N2O2S/c1-15-22(18-9-11-20(27-2)12-10-18)25-23(28-15)24-21(26)14-16-7-8-17-5-3-4-6-19(17)13-16/h3-13H,14H2,1-2H3,(H,24,25,26). The Morgan fingerprint density at radius 3 is 2.54 bits per heavy atom. The molecule has 0 radical (unpaired) electrons. The van der Waals surface area contributed by atoms with Crippen LogP contribution in [-0.4, -0.2) is 18.0 Å². The second-order valence-electron chi connectivity index (χ2n) is 6.56. The Bertz CT molecular complexity index is 1130. The predicted molar refractivity (Wildman–Crippen MR) is 115 cm³/mol. The zero-order valence-corrected chi connectivity index (χ0v) is 16.5. The molecule has 0 aliphatic rings. The van der Waals surface area contributed by atoms with Gasteiger partial charge in [-0.05, 0) is 47.5 Å². The van der Waals surface area contributed by atoms with E-state index < -0.39 is 0 Å². The maximum absolute atomic E-state index is 12.5. The van der Waals surface area contributed by atoms with Crippen LogP contribution < -0.4 is 10.1 Å². The predicted octanol–water partition coefficient (Wildman–Crippen LogP) is 5.46. The fraction of sp³-hybridized carbons (Fsp3) is 0.130. The number of aryl methyl sites for hydroxylation is 1. The number of rotatable bonds is 5. The van der Waals surface area contributed by atoms with Gasteiger partial charge >= 0.3 is 0 Å². The normalized spacial score (nSPS) is 10.8. The van der Waals surface area contributed by atoms with E-state index in [9.17, 15) is 4.79 Å². The first kappa shape index (κ1) is 18.2. The molecule has 1 aromatic heterocycles. The number of hydrogen-bond donors (Lipinski definition) is 1. The Kier molecular flexibility index (Phi) is 5.08. The third kappa shape index (κ3) is 3.89. The van der Waals surface area contributed by atoms with Crippen molar-refractivity contribution in [1.29, 1.82) is 0 Å². The minimum absolute atomic E-state index is 0.0645. The number of benzene rings is 3. The van der Waals surface area contributed by atoms with Crippen molar-refractivity contribution in [1.82, 2.24) is 4.98 Å². The number of methoxy groups -OCH3 is 1. The van der Waals surface area contributed by atoms with Crippen molar-refractivity contribution in [3.05, 3.63) is 77.2 Å². The van der Waals surface area contributed by atoms with E-state index in [0.717, 1.165) is 32.8 Å². The molecule has 140 valence electrons. The van der Waals surface area contributed by atoms with Crippen LogP contribution in [0.25, 0.3) is 22.0 Å². The molecule has 5 heteroatoms. The first-order valence-corrected chi connectivity index (χ1v) is 9.83. The van der Waals surface area contributed by atoms with Gasteiger partial charge in [-0.3, -0.25) is 4.79 Å². The van der Waals surface area contributed by atoms with Gasteiger partial charge < -0.3 is 10.1 Å². The van der Waals surface area contributed by atoms with Gasteiger partial charge in [-0.25, -0.2) is 4.98 Å². The van der Waals surface area contributed by atoms with E-state index in [4.69, 9.17) is 4.74 Å². The van der Waals surface area contributed by atoms with Crippen molar-refractivity contribution in [3.8, 4) is 17.0 Å². The number of aromatic nitrogens is 1. The summed E-state index contributed by atoms with van der Waals surface area (Å²) in [5.41, 5.74) is 2.87. The molecule has 0 fully saturated rings. The highest BCUT2D eigenvalue weighted by Gasteiger charge is 2.13. The molecule has 1 amide bonds. The van der Waals surface area contributed by atoms with Crippen LogP contribution >= 0.6 is 11.3 Å². The summed E-state index contributed by atoms with van der Waals surface area (Å²) in [6.45, 7) is 2.01. The Morgan fingerprint density at radius 2 is 1.79 bits per heavy atom. The lowest BCUT2D eigenvalue weighted by Gasteiger charge is -2.04. The molecule has 4 aromatic rings. The SMILES string of the molecule is COc1ccc(-c2nc(NC(=O)Cc3ccc4ccccc4c3)sc2C)cc1. The first-order chi connectivity index (χ1) is 13.6. The lowest BCUT2D eigenvalue weighted by molar-refractivity contribution is -0.115. The second kappa shape index (κ2) is 7.82. The minimum atomic E-state index is -0.0645. The molecule has 4 nitrogen and oxygen atoms in total. The Labute approximate surface area is 167 Å². The first-order valence-electron chi connectivity index (χ1n) is 9.02. The van der Waals surface area contributed by atoms with Crippen LogP contribution in [0.1, 0.15) is 10.4 Å². The fourth-order valence-electron chi connectivity index (χ4n) is 3.16. The van der Waals surface area contributed by atoms with Gasteiger partial charge in [0.25, 0.3) is 0 Å². The third-order valence-corrected chi connectivity index (χ3v) is 5.47. The number of amides is 1. The van der Waals surface area contributed by atoms with Gasteiger partial charge in [-0.15, -0.1) is 11.3 Å². The number of carbonyl (C=O) groups is 1. The van der Waals surface area contributed by atoms with Gasteiger partial charge in [0.05, 0.1) is 19.2 Å². The molecular weight excluding hydrogens is 368 g/mol. The maximum atomic E-state index is 12.5. The summed E-state index contributed by atoms with van der Waals surface area (Å²) in [5.74, 6) is 0.742. The summed E-state index contributed by atoms with van der Waals surface area (Å²) in [4.78, 5) is 18.2. The van der Waals surface area contributed by atoms with Gasteiger partial charge in [0.15, 0.2) is 5.13 Å². The van der Waals surface area contributed by atoms with Gasteiger partial charge in [0, 0.05) is 10.4 Å². The van der Waals surface area contributed by atoms with Crippen molar-refractivity contribution >= 4 is 33.1 Å². The summed E-state index contributed by atoms with van der Waals surface area (Å²) in [6.07, 6.45) is 0.321. The topological polar surface area (TPSA) is 51.2 Å². The number of anilines is 1. The second-order valence-corrected chi connectivity index (χ2v) is 7.76. The van der Waals surface area contributed by atoms with Crippen molar-refractivity contribution in [3.63, 3.8) is 0 Å². The fourth-order valence-corrected chi connectivity index (χ4v) is 4.02. The van der Waals surface area contributed by atoms with Crippen LogP contribution in [0.5, 0.6) is 5.75 Å². The van der Waals surface area contributed by atoms with E-state index in [1.807, 2.05) is 55.5 Å². The zero-order valence-electron chi connectivity index (χ0n) is 15.7. The summed E-state index contributed by atoms with van der Waals surface area (Å²) in [7, 11) is 1.65. The Balaban J connectivity index is 1.48. The number of ether oxygens (including phenoxy) is 1. The molecule has 0 unspecified atom stereocenters. The van der Waals surface area contributed by atoms with E-state index >= 15 is 0 Å². The average molecular weight is 388 g/mol. The monoisotopic (exact) mass is 388 g/mol. The zero-order chi connectivity index (χ0) is 19.5. The number of fused-ring (bicyclic) bond motifs is 1. The smallest absolute Gasteiger partial charge is 0.230 e. The maximum Gasteiger partial charge on any atom is 0.230 e. The van der Waals surface area contributed by atoms with Crippen LogP contribution in [0, 0.1) is 6.92 Å². The van der Waals surface area contributed by atoms with Crippen molar-refractivity contribution in [2.45, 2.75) is 13.3 Å². The van der Waals surface area contributed by atoms with Crippen LogP contribution in [0.3, 0.4) is 0 Å². The van der Waals surface area contributed by atoms with Crippen molar-refractivity contribution < 1.29 is 9.53 Å². The van der Waals surface area contributed by atoms with E-state index in [2.05, 4.69) is 28.5 Å². The van der Waals surface area contributed by atoms with Crippen LogP contribution in [-0.2, 0) is 11.2 Å². The highest BCUT2D eigenvalue weighted by Crippen LogP contribution is 2.31. The molecule has 28 heavy (non-hydrogen) atoms. The molecule has 0 spiro atoms. The van der Waals surface area contributed by atoms with Gasteiger partial charge in [-0.2, -0.15) is 0 Å². The molecule has 0 aliphatic heterocycles. The van der Waals surface area contributed by atoms with E-state index in [1.165, 1.54) is 16.7 Å². The summed E-state index contributed by atoms with van der Waals surface area (Å²) < 4.78 is 5.20. The molecular formula is C23H20N2O2S. The van der Waals surface area contributed by atoms with Crippen LogP contribution in [0.4, 0.5) is 5.13 Å². The molecule has 1 heterocycles. The number of hydrogen-bond acceptors (Lipinski definition) is 4. The van der Waals surface area contributed by atoms with E-state index in [1.54, 1.807) is 7.11 Å². The molecule has 0 aliphatic carbocycles. The molecule has 0 bridgehead atoms. The molecule has 4 rings (SSSR count). The molecule has 3 aromatic carbocycles. The quantitative estimate of drug-likeness (QED) is 0.494. The number of nitrogens with zero attached hydrogens (tertiary/aromatic N) is 1. The summed E-state index contributed by atoms with van der Waals surface area (Å²) in [6, 6.07) is 22.0. The lowest BCUT2D eigenvalue weighted by Crippen LogP contribution is -2.14. The Morgan fingerprint density at radius 1 is 1.04 bits per heavy atom. The van der Waals surface area contributed by atoms with Crippen LogP contribution in [0.2, 0.25) is 0 Å². The highest BCUT2D eigenvalue weighted by molar-refractivity contribution is 7.16.